The zero-order valence-electron chi connectivity index (χ0n) is 9.63. The average molecular weight is 254 g/mol. The van der Waals surface area contributed by atoms with Crippen LogP contribution in [0.5, 0.6) is 0 Å². The number of benzene rings is 1. The quantitative estimate of drug-likeness (QED) is 0.753. The van der Waals surface area contributed by atoms with Gasteiger partial charge >= 0.3 is 5.97 Å². The zero-order valence-corrected chi connectivity index (χ0v) is 9.63. The molecule has 0 atom stereocenters. The minimum atomic E-state index is -1.04. The molecule has 0 bridgehead atoms. The third kappa shape index (κ3) is 2.82. The van der Waals surface area contributed by atoms with Crippen LogP contribution in [0.25, 0.3) is 0 Å². The molecule has 0 saturated carbocycles. The number of nitroso groups, excluding NO2 is 1. The van der Waals surface area contributed by atoms with E-state index in [2.05, 4.69) is 0 Å². The smallest absolute Gasteiger partial charge is 0.338 e. The molecule has 0 unspecified atom stereocenters. The number of rotatable bonds is 3. The fourth-order valence-electron chi connectivity index (χ4n) is 1.85. The Hall–Kier alpha value is -1.99. The molecule has 3 N–H and O–H groups in total. The summed E-state index contributed by atoms with van der Waals surface area (Å²) in [4.78, 5) is 23.6. The molecule has 7 nitrogen and oxygen atoms in total. The van der Waals surface area contributed by atoms with Crippen LogP contribution in [0.1, 0.15) is 10.4 Å². The van der Waals surface area contributed by atoms with E-state index in [9.17, 15) is 9.70 Å². The minimum absolute atomic E-state index is 0. The first-order valence-corrected chi connectivity index (χ1v) is 5.30. The van der Waals surface area contributed by atoms with Crippen LogP contribution in [0.15, 0.2) is 18.2 Å². The molecule has 2 rings (SSSR count). The third-order valence-electron chi connectivity index (χ3n) is 2.70. The van der Waals surface area contributed by atoms with E-state index in [0.717, 1.165) is 0 Å². The molecular formula is C11H14N2O5. The van der Waals surface area contributed by atoms with E-state index < -0.39 is 5.97 Å². The van der Waals surface area contributed by atoms with Crippen LogP contribution in [0.2, 0.25) is 0 Å². The maximum absolute atomic E-state index is 11.1. The number of ether oxygens (including phenoxy) is 1. The van der Waals surface area contributed by atoms with E-state index in [0.29, 0.717) is 32.0 Å². The normalized spacial score (nSPS) is 14.8. The topological polar surface area (TPSA) is 111 Å². The molecule has 1 aliphatic rings. The predicted molar refractivity (Wildman–Crippen MR) is 62.4 cm³/mol. The second kappa shape index (κ2) is 6.08. The van der Waals surface area contributed by atoms with Crippen molar-refractivity contribution in [2.45, 2.75) is 0 Å². The highest BCUT2D eigenvalue weighted by Gasteiger charge is 2.20. The molecule has 7 heteroatoms. The van der Waals surface area contributed by atoms with Gasteiger partial charge in [0.05, 0.1) is 24.5 Å². The van der Waals surface area contributed by atoms with Crippen molar-refractivity contribution in [3.05, 3.63) is 28.7 Å². The van der Waals surface area contributed by atoms with Gasteiger partial charge in [0, 0.05) is 35.3 Å². The molecule has 1 aliphatic heterocycles. The first-order valence-electron chi connectivity index (χ1n) is 5.30. The lowest BCUT2D eigenvalue weighted by Crippen LogP contribution is -2.55. The van der Waals surface area contributed by atoms with Crippen molar-refractivity contribution in [2.24, 2.45) is 0 Å². The minimum Gasteiger partial charge on any atom is -0.870 e. The number of anilines is 1. The molecule has 1 fully saturated rings. The fourth-order valence-corrected chi connectivity index (χ4v) is 1.85. The number of hydrogen-bond acceptors (Lipinski definition) is 5. The first-order chi connectivity index (χ1) is 8.22. The Balaban J connectivity index is 0.00000162. The van der Waals surface area contributed by atoms with E-state index in [1.54, 1.807) is 17.3 Å². The standard InChI is InChI=1S/C11H12N2O4.H2O/c14-11(15)9-7-8(12-16)1-2-10(9)13-3-5-17-6-4-13;/h1-2,7H,3-6H2,(H,14,15);1H2. The molecule has 18 heavy (non-hydrogen) atoms. The number of aromatic carboxylic acids is 1. The summed E-state index contributed by atoms with van der Waals surface area (Å²) in [6.45, 7) is 2.48. The van der Waals surface area contributed by atoms with Crippen LogP contribution in [-0.4, -0.2) is 42.9 Å². The van der Waals surface area contributed by atoms with Gasteiger partial charge in [0.15, 0.2) is 0 Å². The maximum atomic E-state index is 11.1. The van der Waals surface area contributed by atoms with Crippen molar-refractivity contribution in [1.29, 1.82) is 0 Å². The zero-order chi connectivity index (χ0) is 12.3. The van der Waals surface area contributed by atoms with Crippen molar-refractivity contribution < 1.29 is 25.3 Å². The Morgan fingerprint density at radius 3 is 2.56 bits per heavy atom. The Morgan fingerprint density at radius 1 is 1.33 bits per heavy atom. The number of nitrogens with one attached hydrogen (secondary N) is 1. The molecular weight excluding hydrogens is 240 g/mol. The van der Waals surface area contributed by atoms with Crippen LogP contribution in [-0.2, 0) is 4.74 Å². The van der Waals surface area contributed by atoms with Crippen LogP contribution in [0, 0.1) is 4.91 Å². The molecule has 0 spiro atoms. The Bertz CT molecular complexity index is 443. The second-order valence-electron chi connectivity index (χ2n) is 3.74. The summed E-state index contributed by atoms with van der Waals surface area (Å²) in [7, 11) is 0. The van der Waals surface area contributed by atoms with Crippen molar-refractivity contribution in [3.8, 4) is 0 Å². The van der Waals surface area contributed by atoms with Crippen LogP contribution in [0.4, 0.5) is 11.4 Å². The first kappa shape index (κ1) is 14.1. The highest BCUT2D eigenvalue weighted by molar-refractivity contribution is 5.95. The van der Waals surface area contributed by atoms with Gasteiger partial charge in [-0.1, -0.05) is 0 Å². The third-order valence-corrected chi connectivity index (χ3v) is 2.70. The van der Waals surface area contributed by atoms with Crippen molar-refractivity contribution in [1.82, 2.24) is 0 Å². The second-order valence-corrected chi connectivity index (χ2v) is 3.74. The number of carboxylic acids is 1. The summed E-state index contributed by atoms with van der Waals surface area (Å²) in [5.74, 6) is -1.04. The van der Waals surface area contributed by atoms with Gasteiger partial charge in [-0.25, -0.2) is 4.79 Å². The van der Waals surface area contributed by atoms with E-state index in [1.165, 1.54) is 6.07 Å². The molecule has 1 aromatic carbocycles. The summed E-state index contributed by atoms with van der Waals surface area (Å²) in [6.07, 6.45) is 0. The van der Waals surface area contributed by atoms with Gasteiger partial charge in [0.1, 0.15) is 0 Å². The van der Waals surface area contributed by atoms with Crippen LogP contribution < -0.4 is 10.1 Å². The van der Waals surface area contributed by atoms with Crippen molar-refractivity contribution in [2.75, 3.05) is 31.2 Å². The summed E-state index contributed by atoms with van der Waals surface area (Å²) in [5, 5.41) is 10.8. The summed E-state index contributed by atoms with van der Waals surface area (Å²) >= 11 is 0. The van der Waals surface area contributed by atoms with Gasteiger partial charge in [-0.15, -0.1) is 0 Å². The van der Waals surface area contributed by atoms with E-state index >= 15 is 0 Å². The van der Waals surface area contributed by atoms with Crippen molar-refractivity contribution >= 4 is 17.3 Å². The molecule has 0 aromatic heterocycles. The van der Waals surface area contributed by atoms with Gasteiger partial charge in [-0.3, -0.25) is 0 Å². The molecule has 0 aliphatic carbocycles. The van der Waals surface area contributed by atoms with Crippen LogP contribution in [0.3, 0.4) is 0 Å². The lowest BCUT2D eigenvalue weighted by Gasteiger charge is -2.29. The average Bonchev–Trinajstić information content (AvgIpc) is 2.39. The number of nitrogens with zero attached hydrogens (tertiary/aromatic N) is 1. The van der Waals surface area contributed by atoms with E-state index in [4.69, 9.17) is 9.84 Å². The largest absolute Gasteiger partial charge is 0.870 e. The molecule has 98 valence electrons. The highest BCUT2D eigenvalue weighted by atomic mass is 16.5. The van der Waals surface area contributed by atoms with Gasteiger partial charge in [-0.05, 0) is 6.07 Å². The SMILES string of the molecule is O=[NH+]c1ccc(N2CCOCC2)c(C(=O)O)c1.[OH-]. The fraction of sp³-hybridized carbons (Fsp3) is 0.364. The molecule has 0 radical (unpaired) electrons. The van der Waals surface area contributed by atoms with E-state index in [-0.39, 0.29) is 16.7 Å². The maximum Gasteiger partial charge on any atom is 0.338 e. The van der Waals surface area contributed by atoms with Gasteiger partial charge in [-0.2, -0.15) is 0 Å². The molecule has 0 amide bonds. The summed E-state index contributed by atoms with van der Waals surface area (Å²) in [5.41, 5.74) is 1.01. The predicted octanol–water partition coefficient (Wildman–Crippen LogP) is -0.477. The van der Waals surface area contributed by atoms with Gasteiger partial charge < -0.3 is 20.2 Å². The number of carboxylic acid groups (broad SMARTS) is 1. The highest BCUT2D eigenvalue weighted by Crippen LogP contribution is 2.23. The monoisotopic (exact) mass is 254 g/mol. The lowest BCUT2D eigenvalue weighted by atomic mass is 10.1. The molecule has 1 saturated heterocycles. The molecule has 1 aromatic rings. The Kier molecular flexibility index (Phi) is 4.75. The van der Waals surface area contributed by atoms with Gasteiger partial charge in [0.25, 0.3) is 5.69 Å². The summed E-state index contributed by atoms with van der Waals surface area (Å²) in [6, 6.07) is 4.57. The molecule has 1 heterocycles. The van der Waals surface area contributed by atoms with Gasteiger partial charge in [0.2, 0.25) is 0 Å². The Morgan fingerprint density at radius 2 is 2.00 bits per heavy atom. The number of carbonyl (C=O) groups is 1. The Labute approximate surface area is 103 Å². The number of morpholine rings is 1. The van der Waals surface area contributed by atoms with E-state index in [1.807, 2.05) is 4.90 Å². The van der Waals surface area contributed by atoms with Crippen molar-refractivity contribution in [3.63, 3.8) is 0 Å². The van der Waals surface area contributed by atoms with Crippen LogP contribution >= 0.6 is 0 Å². The lowest BCUT2D eigenvalue weighted by molar-refractivity contribution is -0.379. The number of hydrogen-bond donors (Lipinski definition) is 2. The summed E-state index contributed by atoms with van der Waals surface area (Å²) < 4.78 is 5.22.